The van der Waals surface area contributed by atoms with E-state index in [-0.39, 0.29) is 0 Å². The molecule has 0 spiro atoms. The molecule has 0 amide bonds. The van der Waals surface area contributed by atoms with Crippen molar-refractivity contribution in [2.45, 2.75) is 51.9 Å². The lowest BCUT2D eigenvalue weighted by Gasteiger charge is -2.22. The van der Waals surface area contributed by atoms with Gasteiger partial charge in [-0.2, -0.15) is 0 Å². The second-order valence-corrected chi connectivity index (χ2v) is 3.88. The first-order valence-electron chi connectivity index (χ1n) is 5.02. The van der Waals surface area contributed by atoms with Gasteiger partial charge in [0.05, 0.1) is 12.2 Å². The van der Waals surface area contributed by atoms with Crippen LogP contribution in [0.15, 0.2) is 0 Å². The maximum atomic E-state index is 5.44. The second kappa shape index (κ2) is 4.24. The van der Waals surface area contributed by atoms with Crippen molar-refractivity contribution in [3.8, 4) is 0 Å². The van der Waals surface area contributed by atoms with Crippen molar-refractivity contribution in [1.82, 2.24) is 4.90 Å². The number of hydrogen-bond acceptors (Lipinski definition) is 2. The number of likely N-dealkylation sites (N-methyl/N-ethyl adjacent to an activating group) is 1. The molecule has 1 fully saturated rings. The predicted octanol–water partition coefficient (Wildman–Crippen LogP) is 1.89. The minimum Gasteiger partial charge on any atom is -0.368 e. The van der Waals surface area contributed by atoms with Crippen LogP contribution in [0, 0.1) is 0 Å². The van der Waals surface area contributed by atoms with Crippen molar-refractivity contribution < 1.29 is 4.74 Å². The van der Waals surface area contributed by atoms with Gasteiger partial charge in [0.1, 0.15) is 0 Å². The number of ether oxygens (including phenoxy) is 1. The van der Waals surface area contributed by atoms with Gasteiger partial charge in [-0.1, -0.05) is 13.3 Å². The van der Waals surface area contributed by atoms with E-state index < -0.39 is 0 Å². The van der Waals surface area contributed by atoms with Crippen molar-refractivity contribution in [2.24, 2.45) is 0 Å². The maximum Gasteiger partial charge on any atom is 0.0990 e. The topological polar surface area (TPSA) is 15.8 Å². The first kappa shape index (κ1) is 10.0. The summed E-state index contributed by atoms with van der Waals surface area (Å²) in [7, 11) is 2.19. The zero-order chi connectivity index (χ0) is 9.14. The molecule has 0 saturated carbocycles. The molecule has 2 nitrogen and oxygen atoms in total. The van der Waals surface area contributed by atoms with E-state index in [9.17, 15) is 0 Å². The molecule has 12 heavy (non-hydrogen) atoms. The van der Waals surface area contributed by atoms with E-state index >= 15 is 0 Å². The molecule has 2 heteroatoms. The highest BCUT2D eigenvalue weighted by molar-refractivity contribution is 4.89. The van der Waals surface area contributed by atoms with E-state index in [1.807, 2.05) is 0 Å². The lowest BCUT2D eigenvalue weighted by Crippen LogP contribution is -2.34. The van der Waals surface area contributed by atoms with Gasteiger partial charge in [-0.15, -0.1) is 0 Å². The molecule has 0 aliphatic carbocycles. The Bertz CT molecular complexity index is 138. The molecule has 3 atom stereocenters. The molecular formula is C10H21NO. The van der Waals surface area contributed by atoms with Gasteiger partial charge < -0.3 is 9.64 Å². The molecule has 72 valence electrons. The minimum atomic E-state index is 0.490. The van der Waals surface area contributed by atoms with E-state index in [2.05, 4.69) is 32.7 Å². The van der Waals surface area contributed by atoms with Crippen molar-refractivity contribution in [3.63, 3.8) is 0 Å². The Hall–Kier alpha value is -0.0800. The van der Waals surface area contributed by atoms with Crippen LogP contribution >= 0.6 is 0 Å². The summed E-state index contributed by atoms with van der Waals surface area (Å²) in [5.74, 6) is 0. The van der Waals surface area contributed by atoms with Gasteiger partial charge in [-0.05, 0) is 33.9 Å². The summed E-state index contributed by atoms with van der Waals surface area (Å²) in [4.78, 5) is 2.40. The second-order valence-electron chi connectivity index (χ2n) is 3.88. The Morgan fingerprint density at radius 2 is 2.08 bits per heavy atom. The van der Waals surface area contributed by atoms with E-state index in [0.29, 0.717) is 18.2 Å². The van der Waals surface area contributed by atoms with Gasteiger partial charge in [-0.25, -0.2) is 0 Å². The molecule has 0 N–H and O–H groups in total. The summed E-state index contributed by atoms with van der Waals surface area (Å²) in [5.41, 5.74) is 0. The average molecular weight is 171 g/mol. The van der Waals surface area contributed by atoms with Crippen LogP contribution in [0.25, 0.3) is 0 Å². The number of unbranched alkanes of at least 4 members (excludes halogenated alkanes) is 1. The van der Waals surface area contributed by atoms with Crippen molar-refractivity contribution >= 4 is 0 Å². The highest BCUT2D eigenvalue weighted by atomic mass is 16.6. The highest BCUT2D eigenvalue weighted by Gasteiger charge is 2.40. The van der Waals surface area contributed by atoms with Crippen LogP contribution in [0.3, 0.4) is 0 Å². The molecule has 1 aliphatic heterocycles. The Balaban J connectivity index is 2.17. The Kier molecular flexibility index (Phi) is 3.53. The number of hydrogen-bond donors (Lipinski definition) is 0. The summed E-state index contributed by atoms with van der Waals surface area (Å²) in [6.45, 7) is 7.83. The normalized spacial score (nSPS) is 30.8. The van der Waals surface area contributed by atoms with E-state index in [1.54, 1.807) is 0 Å². The minimum absolute atomic E-state index is 0.490. The molecule has 0 aromatic rings. The number of rotatable bonds is 5. The average Bonchev–Trinajstić information content (AvgIpc) is 2.77. The van der Waals surface area contributed by atoms with Crippen LogP contribution < -0.4 is 0 Å². The first-order valence-corrected chi connectivity index (χ1v) is 5.02. The van der Waals surface area contributed by atoms with Crippen LogP contribution in [0.1, 0.15) is 33.6 Å². The van der Waals surface area contributed by atoms with Crippen LogP contribution in [0.5, 0.6) is 0 Å². The third kappa shape index (κ3) is 2.46. The maximum absolute atomic E-state index is 5.44. The SMILES string of the molecule is CCCCN(C)C(C)[C@H]1OC1C. The molecule has 1 rings (SSSR count). The number of nitrogens with zero attached hydrogens (tertiary/aromatic N) is 1. The largest absolute Gasteiger partial charge is 0.368 e. The van der Waals surface area contributed by atoms with Crippen LogP contribution in [0.2, 0.25) is 0 Å². The molecule has 1 aliphatic rings. The lowest BCUT2D eigenvalue weighted by molar-refractivity contribution is 0.207. The van der Waals surface area contributed by atoms with Crippen molar-refractivity contribution in [1.29, 1.82) is 0 Å². The van der Waals surface area contributed by atoms with Crippen LogP contribution in [0.4, 0.5) is 0 Å². The lowest BCUT2D eigenvalue weighted by atomic mass is 10.1. The van der Waals surface area contributed by atoms with Gasteiger partial charge in [0, 0.05) is 6.04 Å². The summed E-state index contributed by atoms with van der Waals surface area (Å²) in [5, 5.41) is 0. The molecule has 0 radical (unpaired) electrons. The third-order valence-electron chi connectivity index (χ3n) is 2.79. The van der Waals surface area contributed by atoms with E-state index in [4.69, 9.17) is 4.74 Å². The quantitative estimate of drug-likeness (QED) is 0.587. The van der Waals surface area contributed by atoms with Crippen LogP contribution in [-0.2, 0) is 4.74 Å². The molecule has 2 unspecified atom stereocenters. The Morgan fingerprint density at radius 3 is 2.50 bits per heavy atom. The summed E-state index contributed by atoms with van der Waals surface area (Å²) in [6, 6.07) is 0.589. The molecule has 0 bridgehead atoms. The van der Waals surface area contributed by atoms with Gasteiger partial charge in [0.2, 0.25) is 0 Å². The van der Waals surface area contributed by atoms with Gasteiger partial charge in [0.25, 0.3) is 0 Å². The monoisotopic (exact) mass is 171 g/mol. The third-order valence-corrected chi connectivity index (χ3v) is 2.79. The van der Waals surface area contributed by atoms with E-state index in [1.165, 1.54) is 19.4 Å². The Labute approximate surface area is 75.9 Å². The zero-order valence-corrected chi connectivity index (χ0v) is 8.71. The van der Waals surface area contributed by atoms with Gasteiger partial charge in [-0.3, -0.25) is 0 Å². The summed E-state index contributed by atoms with van der Waals surface area (Å²) < 4.78 is 5.44. The first-order chi connectivity index (χ1) is 5.66. The predicted molar refractivity (Wildman–Crippen MR) is 51.3 cm³/mol. The van der Waals surface area contributed by atoms with E-state index in [0.717, 1.165) is 0 Å². The summed E-state index contributed by atoms with van der Waals surface area (Å²) in [6.07, 6.45) is 3.55. The molecule has 0 aromatic heterocycles. The van der Waals surface area contributed by atoms with Crippen LogP contribution in [-0.4, -0.2) is 36.7 Å². The zero-order valence-electron chi connectivity index (χ0n) is 8.71. The standard InChI is InChI=1S/C10H21NO/c1-5-6-7-11(4)8(2)10-9(3)12-10/h8-10H,5-7H2,1-4H3/t8?,9?,10-/m1/s1. The smallest absolute Gasteiger partial charge is 0.0990 e. The fourth-order valence-electron chi connectivity index (χ4n) is 1.57. The van der Waals surface area contributed by atoms with Crippen molar-refractivity contribution in [2.75, 3.05) is 13.6 Å². The molecular weight excluding hydrogens is 150 g/mol. The Morgan fingerprint density at radius 1 is 1.50 bits per heavy atom. The molecule has 1 saturated heterocycles. The van der Waals surface area contributed by atoms with Gasteiger partial charge >= 0.3 is 0 Å². The number of epoxide rings is 1. The highest BCUT2D eigenvalue weighted by Crippen LogP contribution is 2.26. The fourth-order valence-corrected chi connectivity index (χ4v) is 1.57. The summed E-state index contributed by atoms with van der Waals surface area (Å²) >= 11 is 0. The van der Waals surface area contributed by atoms with Gasteiger partial charge in [0.15, 0.2) is 0 Å². The molecule has 1 heterocycles. The van der Waals surface area contributed by atoms with Crippen molar-refractivity contribution in [3.05, 3.63) is 0 Å². The molecule has 0 aromatic carbocycles. The fraction of sp³-hybridized carbons (Fsp3) is 1.00.